The fourth-order valence-electron chi connectivity index (χ4n) is 1.59. The Hall–Kier alpha value is -1.56. The van der Waals surface area contributed by atoms with E-state index in [1.54, 1.807) is 4.68 Å². The highest BCUT2D eigenvalue weighted by Crippen LogP contribution is 2.24. The Kier molecular flexibility index (Phi) is 2.82. The van der Waals surface area contributed by atoms with E-state index in [0.29, 0.717) is 24.6 Å². The van der Waals surface area contributed by atoms with E-state index in [2.05, 4.69) is 5.10 Å². The van der Waals surface area contributed by atoms with E-state index in [9.17, 15) is 4.79 Å². The van der Waals surface area contributed by atoms with Crippen LogP contribution < -0.4 is 10.5 Å². The first-order chi connectivity index (χ1) is 7.87. The van der Waals surface area contributed by atoms with Crippen molar-refractivity contribution in [2.24, 2.45) is 5.73 Å². The summed E-state index contributed by atoms with van der Waals surface area (Å²) in [6.45, 7) is 6.40. The fourth-order valence-corrected chi connectivity index (χ4v) is 1.59. The third-order valence-electron chi connectivity index (χ3n) is 2.25. The lowest BCUT2D eigenvalue weighted by molar-refractivity contribution is 0.00638. The van der Waals surface area contributed by atoms with Crippen LogP contribution in [0.2, 0.25) is 0 Å². The number of carbonyl (C=O) groups excluding carboxylic acids is 1. The first kappa shape index (κ1) is 11.9. The zero-order valence-corrected chi connectivity index (χ0v) is 10.3. The molecule has 2 N–H and O–H groups in total. The molecule has 6 heteroatoms. The highest BCUT2D eigenvalue weighted by Gasteiger charge is 2.27. The SMILES string of the molecule is CC(C)(C)OC(=O)c1cnn2c1OCC(N)C2. The van der Waals surface area contributed by atoms with Crippen LogP contribution in [-0.4, -0.2) is 34.0 Å². The summed E-state index contributed by atoms with van der Waals surface area (Å²) in [7, 11) is 0. The van der Waals surface area contributed by atoms with E-state index < -0.39 is 11.6 Å². The van der Waals surface area contributed by atoms with Crippen molar-refractivity contribution in [3.8, 4) is 5.88 Å². The number of fused-ring (bicyclic) bond motifs is 1. The van der Waals surface area contributed by atoms with Gasteiger partial charge in [-0.15, -0.1) is 0 Å². The molecule has 0 aromatic carbocycles. The molecular weight excluding hydrogens is 222 g/mol. The monoisotopic (exact) mass is 239 g/mol. The van der Waals surface area contributed by atoms with Crippen LogP contribution in [0.15, 0.2) is 6.20 Å². The van der Waals surface area contributed by atoms with Gasteiger partial charge < -0.3 is 15.2 Å². The van der Waals surface area contributed by atoms with Gasteiger partial charge in [0, 0.05) is 0 Å². The summed E-state index contributed by atoms with van der Waals surface area (Å²) < 4.78 is 12.3. The van der Waals surface area contributed by atoms with Gasteiger partial charge in [0.25, 0.3) is 0 Å². The topological polar surface area (TPSA) is 79.4 Å². The second-order valence-electron chi connectivity index (χ2n) is 5.12. The average molecular weight is 239 g/mol. The maximum Gasteiger partial charge on any atom is 0.345 e. The average Bonchev–Trinajstić information content (AvgIpc) is 2.57. The Morgan fingerprint density at radius 3 is 3.00 bits per heavy atom. The minimum atomic E-state index is -0.531. The van der Waals surface area contributed by atoms with Crippen LogP contribution in [-0.2, 0) is 11.3 Å². The van der Waals surface area contributed by atoms with Crippen molar-refractivity contribution < 1.29 is 14.3 Å². The highest BCUT2D eigenvalue weighted by atomic mass is 16.6. The highest BCUT2D eigenvalue weighted by molar-refractivity contribution is 5.92. The smallest absolute Gasteiger partial charge is 0.345 e. The Bertz CT molecular complexity index is 434. The maximum atomic E-state index is 11.9. The Labute approximate surface area is 99.7 Å². The second kappa shape index (κ2) is 4.03. The van der Waals surface area contributed by atoms with Crippen molar-refractivity contribution >= 4 is 5.97 Å². The lowest BCUT2D eigenvalue weighted by atomic mass is 10.2. The zero-order chi connectivity index (χ0) is 12.6. The van der Waals surface area contributed by atoms with Crippen molar-refractivity contribution in [2.45, 2.75) is 39.0 Å². The number of hydrogen-bond acceptors (Lipinski definition) is 5. The molecule has 0 aliphatic carbocycles. The van der Waals surface area contributed by atoms with Gasteiger partial charge in [-0.3, -0.25) is 0 Å². The number of esters is 1. The zero-order valence-electron chi connectivity index (χ0n) is 10.3. The van der Waals surface area contributed by atoms with Crippen LogP contribution in [0.1, 0.15) is 31.1 Å². The van der Waals surface area contributed by atoms with Gasteiger partial charge in [-0.25, -0.2) is 9.48 Å². The number of nitrogens with zero attached hydrogens (tertiary/aromatic N) is 2. The van der Waals surface area contributed by atoms with Crippen LogP contribution in [0.25, 0.3) is 0 Å². The summed E-state index contributed by atoms with van der Waals surface area (Å²) in [5, 5.41) is 4.07. The molecule has 1 aromatic rings. The van der Waals surface area contributed by atoms with Gasteiger partial charge in [0.1, 0.15) is 17.8 Å². The molecule has 0 fully saturated rings. The summed E-state index contributed by atoms with van der Waals surface area (Å²) in [4.78, 5) is 11.9. The molecule has 94 valence electrons. The molecular formula is C11H17N3O3. The minimum absolute atomic E-state index is 0.0890. The van der Waals surface area contributed by atoms with E-state index in [0.717, 1.165) is 0 Å². The molecule has 0 radical (unpaired) electrons. The molecule has 17 heavy (non-hydrogen) atoms. The summed E-state index contributed by atoms with van der Waals surface area (Å²) in [6.07, 6.45) is 1.46. The number of hydrogen-bond donors (Lipinski definition) is 1. The normalized spacial score (nSPS) is 19.4. The molecule has 0 amide bonds. The predicted octanol–water partition coefficient (Wildman–Crippen LogP) is 0.558. The molecule has 2 rings (SSSR count). The van der Waals surface area contributed by atoms with Gasteiger partial charge >= 0.3 is 5.97 Å². The van der Waals surface area contributed by atoms with Crippen LogP contribution in [0.5, 0.6) is 5.88 Å². The summed E-state index contributed by atoms with van der Waals surface area (Å²) >= 11 is 0. The van der Waals surface area contributed by atoms with Gasteiger partial charge in [-0.05, 0) is 20.8 Å². The molecule has 1 aliphatic heterocycles. The van der Waals surface area contributed by atoms with E-state index in [1.807, 2.05) is 20.8 Å². The first-order valence-electron chi connectivity index (χ1n) is 5.54. The largest absolute Gasteiger partial charge is 0.475 e. The lowest BCUT2D eigenvalue weighted by Crippen LogP contribution is -2.37. The molecule has 0 saturated carbocycles. The summed E-state index contributed by atoms with van der Waals surface area (Å²) in [6, 6.07) is -0.0890. The summed E-state index contributed by atoms with van der Waals surface area (Å²) in [5.41, 5.74) is 5.56. The molecule has 1 unspecified atom stereocenters. The number of rotatable bonds is 1. The second-order valence-corrected chi connectivity index (χ2v) is 5.12. The molecule has 2 heterocycles. The maximum absolute atomic E-state index is 11.9. The third kappa shape index (κ3) is 2.58. The van der Waals surface area contributed by atoms with Gasteiger partial charge in [0.2, 0.25) is 5.88 Å². The van der Waals surface area contributed by atoms with Crippen molar-refractivity contribution in [2.75, 3.05) is 6.61 Å². The minimum Gasteiger partial charge on any atom is -0.475 e. The van der Waals surface area contributed by atoms with Crippen molar-refractivity contribution in [1.29, 1.82) is 0 Å². The van der Waals surface area contributed by atoms with Gasteiger partial charge in [-0.2, -0.15) is 5.10 Å². The first-order valence-corrected chi connectivity index (χ1v) is 5.54. The lowest BCUT2D eigenvalue weighted by Gasteiger charge is -2.22. The van der Waals surface area contributed by atoms with Crippen molar-refractivity contribution in [3.05, 3.63) is 11.8 Å². The van der Waals surface area contributed by atoms with Crippen LogP contribution >= 0.6 is 0 Å². The quantitative estimate of drug-likeness (QED) is 0.724. The van der Waals surface area contributed by atoms with Crippen molar-refractivity contribution in [1.82, 2.24) is 9.78 Å². The van der Waals surface area contributed by atoms with E-state index in [-0.39, 0.29) is 6.04 Å². The van der Waals surface area contributed by atoms with E-state index in [1.165, 1.54) is 6.20 Å². The Morgan fingerprint density at radius 2 is 2.35 bits per heavy atom. The molecule has 0 spiro atoms. The van der Waals surface area contributed by atoms with Crippen molar-refractivity contribution in [3.63, 3.8) is 0 Å². The molecule has 1 atom stereocenters. The number of carbonyl (C=O) groups is 1. The van der Waals surface area contributed by atoms with E-state index >= 15 is 0 Å². The predicted molar refractivity (Wildman–Crippen MR) is 60.9 cm³/mol. The standard InChI is InChI=1S/C11H17N3O3/c1-11(2,3)17-10(15)8-4-13-14-5-7(12)6-16-9(8)14/h4,7H,5-6,12H2,1-3H3. The van der Waals surface area contributed by atoms with Crippen LogP contribution in [0.4, 0.5) is 0 Å². The Balaban J connectivity index is 2.20. The van der Waals surface area contributed by atoms with E-state index in [4.69, 9.17) is 15.2 Å². The van der Waals surface area contributed by atoms with Gasteiger partial charge in [0.05, 0.1) is 18.8 Å². The molecule has 1 aromatic heterocycles. The molecule has 6 nitrogen and oxygen atoms in total. The molecule has 0 saturated heterocycles. The number of aromatic nitrogens is 2. The number of ether oxygens (including phenoxy) is 2. The molecule has 0 bridgehead atoms. The summed E-state index contributed by atoms with van der Waals surface area (Å²) in [5.74, 6) is 0.0233. The molecule has 1 aliphatic rings. The Morgan fingerprint density at radius 1 is 1.65 bits per heavy atom. The van der Waals surface area contributed by atoms with Gasteiger partial charge in [-0.1, -0.05) is 0 Å². The third-order valence-corrected chi connectivity index (χ3v) is 2.25. The van der Waals surface area contributed by atoms with Crippen LogP contribution in [0, 0.1) is 0 Å². The fraction of sp³-hybridized carbons (Fsp3) is 0.636. The number of nitrogens with two attached hydrogens (primary N) is 1. The van der Waals surface area contributed by atoms with Gasteiger partial charge in [0.15, 0.2) is 0 Å². The van der Waals surface area contributed by atoms with Crippen LogP contribution in [0.3, 0.4) is 0 Å².